The van der Waals surface area contributed by atoms with Crippen LogP contribution >= 0.6 is 11.6 Å². The zero-order valence-corrected chi connectivity index (χ0v) is 15.8. The van der Waals surface area contributed by atoms with E-state index in [1.807, 2.05) is 43.6 Å². The maximum absolute atomic E-state index is 5.96. The third kappa shape index (κ3) is 2.74. The van der Waals surface area contributed by atoms with Gasteiger partial charge in [0.15, 0.2) is 23.5 Å². The minimum Gasteiger partial charge on any atom is -0.488 e. The van der Waals surface area contributed by atoms with Gasteiger partial charge < -0.3 is 15.0 Å². The second-order valence-corrected chi connectivity index (χ2v) is 7.01. The standard InChI is InChI=1S/C19H17ClN7O/c1-26-7-9-28-16-10-15(11-22-18(16)26)27-8-6-21-12-17(27)24-19(25-27)23-14-4-2-13(20)3-5-14/h2-6,8,10-12H,7,9H2,1H3,(H,23,25)/q+1. The Morgan fingerprint density at radius 2 is 2.11 bits per heavy atom. The second kappa shape index (κ2) is 6.43. The average molecular weight is 395 g/mol. The summed E-state index contributed by atoms with van der Waals surface area (Å²) in [6, 6.07) is 9.34. The number of hydrogen-bond donors (Lipinski definition) is 1. The maximum atomic E-state index is 5.96. The monoisotopic (exact) mass is 394 g/mol. The molecule has 5 rings (SSSR count). The summed E-state index contributed by atoms with van der Waals surface area (Å²) in [5, 5.41) is 8.71. The summed E-state index contributed by atoms with van der Waals surface area (Å²) in [6.45, 7) is 1.44. The number of fused-ring (bicyclic) bond motifs is 2. The number of guanidine groups is 1. The van der Waals surface area contributed by atoms with Gasteiger partial charge in [0.2, 0.25) is 0 Å². The first-order valence-corrected chi connectivity index (χ1v) is 9.18. The van der Waals surface area contributed by atoms with Crippen LogP contribution in [0.1, 0.15) is 0 Å². The molecular formula is C19H17ClN7O+. The highest BCUT2D eigenvalue weighted by Gasteiger charge is 2.44. The molecule has 3 aliphatic rings. The van der Waals surface area contributed by atoms with Crippen molar-refractivity contribution in [1.82, 2.24) is 9.58 Å². The Kier molecular flexibility index (Phi) is 3.88. The Morgan fingerprint density at radius 1 is 1.25 bits per heavy atom. The fourth-order valence-electron chi connectivity index (χ4n) is 3.28. The number of pyridine rings is 1. The molecule has 0 amide bonds. The highest BCUT2D eigenvalue weighted by molar-refractivity contribution is 6.38. The maximum Gasteiger partial charge on any atom is 0.287 e. The number of ether oxygens (including phenoxy) is 1. The van der Waals surface area contributed by atoms with E-state index in [1.54, 1.807) is 18.6 Å². The molecule has 0 aliphatic carbocycles. The quantitative estimate of drug-likeness (QED) is 0.793. The highest BCUT2D eigenvalue weighted by Crippen LogP contribution is 2.37. The minimum atomic E-state index is 0.0484. The number of amidine groups is 1. The highest BCUT2D eigenvalue weighted by atomic mass is 35.5. The summed E-state index contributed by atoms with van der Waals surface area (Å²) in [7, 11) is 2.00. The molecule has 1 aromatic carbocycles. The lowest BCUT2D eigenvalue weighted by molar-refractivity contribution is 0.308. The van der Waals surface area contributed by atoms with E-state index in [9.17, 15) is 0 Å². The molecule has 0 saturated carbocycles. The number of aliphatic imine (C=N–C) groups is 2. The van der Waals surface area contributed by atoms with E-state index in [0.29, 0.717) is 23.4 Å². The lowest BCUT2D eigenvalue weighted by atomic mass is 10.2. The van der Waals surface area contributed by atoms with Crippen molar-refractivity contribution in [2.45, 2.75) is 0 Å². The molecule has 2 aromatic rings. The Hall–Kier alpha value is -3.23. The van der Waals surface area contributed by atoms with Crippen molar-refractivity contribution in [2.75, 3.05) is 30.4 Å². The summed E-state index contributed by atoms with van der Waals surface area (Å²) in [5.74, 6) is 2.71. The Bertz CT molecular complexity index is 1060. The van der Waals surface area contributed by atoms with Crippen molar-refractivity contribution < 1.29 is 4.74 Å². The number of hydrogen-bond acceptors (Lipinski definition) is 7. The van der Waals surface area contributed by atoms with Crippen molar-refractivity contribution in [3.05, 3.63) is 54.0 Å². The van der Waals surface area contributed by atoms with Gasteiger partial charge in [-0.25, -0.2) is 4.98 Å². The minimum absolute atomic E-state index is 0.0484. The normalized spacial score (nSPS) is 22.1. The van der Waals surface area contributed by atoms with E-state index >= 15 is 0 Å². The van der Waals surface area contributed by atoms with Gasteiger partial charge in [0, 0.05) is 17.8 Å². The van der Waals surface area contributed by atoms with E-state index < -0.39 is 0 Å². The first-order chi connectivity index (χ1) is 13.6. The van der Waals surface area contributed by atoms with Crippen LogP contribution in [0.15, 0.2) is 64.0 Å². The first-order valence-electron chi connectivity index (χ1n) is 8.80. The van der Waals surface area contributed by atoms with Crippen LogP contribution in [0.2, 0.25) is 5.02 Å². The van der Waals surface area contributed by atoms with Gasteiger partial charge in [-0.2, -0.15) is 4.99 Å². The van der Waals surface area contributed by atoms with Crippen LogP contribution < -0.4 is 19.5 Å². The number of likely N-dealkylation sites (N-methyl/N-ethyl adjacent to an activating group) is 1. The van der Waals surface area contributed by atoms with Gasteiger partial charge in [0.1, 0.15) is 12.8 Å². The number of anilines is 2. The Morgan fingerprint density at radius 3 is 2.96 bits per heavy atom. The van der Waals surface area contributed by atoms with Crippen molar-refractivity contribution in [1.29, 1.82) is 0 Å². The van der Waals surface area contributed by atoms with Gasteiger partial charge >= 0.3 is 0 Å². The van der Waals surface area contributed by atoms with Gasteiger partial charge in [-0.1, -0.05) is 16.2 Å². The fraction of sp³-hybridized carbons (Fsp3) is 0.158. The van der Waals surface area contributed by atoms with Crippen LogP contribution in [0, 0.1) is 0 Å². The molecule has 8 nitrogen and oxygen atoms in total. The second-order valence-electron chi connectivity index (χ2n) is 6.57. The van der Waals surface area contributed by atoms with E-state index in [0.717, 1.165) is 29.5 Å². The summed E-state index contributed by atoms with van der Waals surface area (Å²) < 4.78 is 5.86. The number of rotatable bonds is 2. The molecule has 0 saturated heterocycles. The van der Waals surface area contributed by atoms with Crippen molar-refractivity contribution in [3.8, 4) is 5.75 Å². The number of nitrogens with one attached hydrogen (secondary N) is 1. The first kappa shape index (κ1) is 16.9. The van der Waals surface area contributed by atoms with Gasteiger partial charge in [-0.3, -0.25) is 4.99 Å². The average Bonchev–Trinajstić information content (AvgIpc) is 3.09. The third-order valence-corrected chi connectivity index (χ3v) is 4.99. The van der Waals surface area contributed by atoms with Crippen LogP contribution in [0.4, 0.5) is 17.2 Å². The Labute approximate surface area is 166 Å². The summed E-state index contributed by atoms with van der Waals surface area (Å²) >= 11 is 5.96. The topological polar surface area (TPSA) is 74.5 Å². The van der Waals surface area contributed by atoms with Gasteiger partial charge in [0.25, 0.3) is 11.8 Å². The van der Waals surface area contributed by atoms with E-state index in [4.69, 9.17) is 21.4 Å². The molecule has 4 heterocycles. The fourth-order valence-corrected chi connectivity index (χ4v) is 3.40. The van der Waals surface area contributed by atoms with Crippen molar-refractivity contribution in [2.24, 2.45) is 15.1 Å². The van der Waals surface area contributed by atoms with Gasteiger partial charge in [-0.15, -0.1) is 0 Å². The summed E-state index contributed by atoms with van der Waals surface area (Å²) in [4.78, 5) is 15.5. The number of halogens is 1. The number of quaternary nitrogens is 1. The molecule has 3 aliphatic heterocycles. The molecule has 28 heavy (non-hydrogen) atoms. The molecule has 9 heteroatoms. The number of aromatic nitrogens is 1. The predicted molar refractivity (Wildman–Crippen MR) is 112 cm³/mol. The molecule has 1 aromatic heterocycles. The molecule has 1 unspecified atom stereocenters. The molecular weight excluding hydrogens is 378 g/mol. The van der Waals surface area contributed by atoms with Crippen molar-refractivity contribution >= 4 is 46.8 Å². The van der Waals surface area contributed by atoms with E-state index in [2.05, 4.69) is 25.2 Å². The van der Waals surface area contributed by atoms with Gasteiger partial charge in [0.05, 0.1) is 25.0 Å². The van der Waals surface area contributed by atoms with Crippen LogP contribution in [0.25, 0.3) is 0 Å². The van der Waals surface area contributed by atoms with E-state index in [1.165, 1.54) is 0 Å². The molecule has 1 N–H and O–H groups in total. The molecule has 0 fully saturated rings. The van der Waals surface area contributed by atoms with E-state index in [-0.39, 0.29) is 4.59 Å². The largest absolute Gasteiger partial charge is 0.488 e. The van der Waals surface area contributed by atoms with Crippen molar-refractivity contribution in [3.63, 3.8) is 0 Å². The zero-order valence-electron chi connectivity index (χ0n) is 15.1. The van der Waals surface area contributed by atoms with Crippen LogP contribution in [0.3, 0.4) is 0 Å². The number of benzene rings is 1. The molecule has 0 radical (unpaired) electrons. The van der Waals surface area contributed by atoms with Crippen LogP contribution in [0.5, 0.6) is 5.75 Å². The van der Waals surface area contributed by atoms with Crippen LogP contribution in [-0.4, -0.2) is 43.2 Å². The van der Waals surface area contributed by atoms with Crippen LogP contribution in [-0.2, 0) is 0 Å². The molecule has 0 spiro atoms. The summed E-state index contributed by atoms with van der Waals surface area (Å²) in [5.41, 5.74) is 1.67. The van der Waals surface area contributed by atoms with Gasteiger partial charge in [-0.05, 0) is 29.4 Å². The lowest BCUT2D eigenvalue weighted by Crippen LogP contribution is -2.44. The summed E-state index contributed by atoms with van der Waals surface area (Å²) in [6.07, 6.45) is 7.08. The predicted octanol–water partition coefficient (Wildman–Crippen LogP) is 3.22. The number of nitrogens with zero attached hydrogens (tertiary/aromatic N) is 6. The Balaban J connectivity index is 1.54. The molecule has 0 bridgehead atoms. The smallest absolute Gasteiger partial charge is 0.287 e. The molecule has 1 atom stereocenters. The SMILES string of the molecule is CN1CCOc2cc([N+]34C=CN=CC3=NC(Nc3ccc(Cl)cc3)=N4)cnc21. The lowest BCUT2D eigenvalue weighted by Gasteiger charge is -2.28. The molecule has 140 valence electrons. The third-order valence-electron chi connectivity index (χ3n) is 4.74. The zero-order chi connectivity index (χ0) is 19.1.